The quantitative estimate of drug-likeness (QED) is 0.276. The van der Waals surface area contributed by atoms with E-state index in [0.717, 1.165) is 43.9 Å². The van der Waals surface area contributed by atoms with Gasteiger partial charge in [0.05, 0.1) is 11.5 Å². The molecule has 0 bridgehead atoms. The lowest BCUT2D eigenvalue weighted by atomic mass is 9.33. The molecule has 1 amide bonds. The van der Waals surface area contributed by atoms with E-state index in [1.165, 1.54) is 19.3 Å². The van der Waals surface area contributed by atoms with Crippen molar-refractivity contribution in [3.05, 3.63) is 11.6 Å². The van der Waals surface area contributed by atoms with Gasteiger partial charge in [-0.15, -0.1) is 0 Å². The molecule has 0 spiro atoms. The predicted molar refractivity (Wildman–Crippen MR) is 152 cm³/mol. The van der Waals surface area contributed by atoms with Gasteiger partial charge in [-0.05, 0) is 109 Å². The first-order chi connectivity index (χ1) is 16.8. The minimum atomic E-state index is -0.235. The summed E-state index contributed by atoms with van der Waals surface area (Å²) in [7, 11) is 0. The summed E-state index contributed by atoms with van der Waals surface area (Å²) in [4.78, 5) is 13.9. The summed E-state index contributed by atoms with van der Waals surface area (Å²) in [5.74, 6) is 3.11. The topological polar surface area (TPSA) is 49.3 Å². The molecule has 0 radical (unpaired) electrons. The number of carbonyl (C=O) groups excluding carboxylic acids is 1. The first kappa shape index (κ1) is 27.2. The lowest BCUT2D eigenvalue weighted by molar-refractivity contribution is -0.204. The Morgan fingerprint density at radius 3 is 2.42 bits per heavy atom. The maximum Gasteiger partial charge on any atom is 0.226 e. The summed E-state index contributed by atoms with van der Waals surface area (Å²) in [6.45, 7) is 18.1. The lowest BCUT2D eigenvalue weighted by Gasteiger charge is -2.71. The van der Waals surface area contributed by atoms with E-state index < -0.39 is 0 Å². The number of aliphatic hydroxyl groups excluding tert-OH is 1. The molecular weight excluding hydrogens is 510 g/mol. The number of hydrogen-bond acceptors (Lipinski definition) is 2. The van der Waals surface area contributed by atoms with Gasteiger partial charge >= 0.3 is 0 Å². The van der Waals surface area contributed by atoms with Crippen LogP contribution < -0.4 is 5.32 Å². The second kappa shape index (κ2) is 8.83. The molecule has 0 aromatic heterocycles. The average molecular weight is 563 g/mol. The van der Waals surface area contributed by atoms with Crippen LogP contribution in [0.1, 0.15) is 106 Å². The number of amides is 1. The molecule has 5 aliphatic rings. The van der Waals surface area contributed by atoms with Crippen LogP contribution in [0.2, 0.25) is 0 Å². The summed E-state index contributed by atoms with van der Waals surface area (Å²) < 4.78 is 0. The van der Waals surface area contributed by atoms with Crippen LogP contribution in [0.25, 0.3) is 0 Å². The summed E-state index contributed by atoms with van der Waals surface area (Å²) in [5, 5.41) is 15.1. The van der Waals surface area contributed by atoms with E-state index in [1.807, 2.05) is 0 Å². The number of fused-ring (bicyclic) bond motifs is 7. The van der Waals surface area contributed by atoms with Gasteiger partial charge in [-0.3, -0.25) is 4.79 Å². The van der Waals surface area contributed by atoms with Gasteiger partial charge in [0.25, 0.3) is 0 Å². The smallest absolute Gasteiger partial charge is 0.226 e. The number of hydrogen-bond donors (Lipinski definition) is 2. The van der Waals surface area contributed by atoms with E-state index in [1.54, 1.807) is 5.57 Å². The van der Waals surface area contributed by atoms with Crippen LogP contribution in [0, 0.1) is 56.7 Å². The van der Waals surface area contributed by atoms with E-state index in [9.17, 15) is 9.90 Å². The highest BCUT2D eigenvalue weighted by molar-refractivity contribution is 9.09. The van der Waals surface area contributed by atoms with Gasteiger partial charge in [-0.1, -0.05) is 76.0 Å². The number of nitrogens with one attached hydrogen (secondary N) is 1. The van der Waals surface area contributed by atoms with Gasteiger partial charge in [-0.2, -0.15) is 0 Å². The highest BCUT2D eigenvalue weighted by Gasteiger charge is 2.69. The Kier molecular flexibility index (Phi) is 6.68. The molecule has 10 atom stereocenters. The summed E-state index contributed by atoms with van der Waals surface area (Å²) in [6, 6.07) is 0. The molecule has 4 fully saturated rings. The molecule has 3 unspecified atom stereocenters. The Morgan fingerprint density at radius 2 is 1.72 bits per heavy atom. The van der Waals surface area contributed by atoms with E-state index in [0.29, 0.717) is 42.0 Å². The second-order valence-electron chi connectivity index (χ2n) is 15.1. The van der Waals surface area contributed by atoms with Crippen molar-refractivity contribution in [2.75, 3.05) is 11.9 Å². The van der Waals surface area contributed by atoms with Crippen LogP contribution in [0.5, 0.6) is 0 Å². The predicted octanol–water partition coefficient (Wildman–Crippen LogP) is 7.52. The Balaban J connectivity index is 1.58. The standard InChI is InChI=1S/C32H52BrNO2/c1-20-10-15-32(27(36)34-19-18-33)17-16-30(6)22(26(32)21(20)2)8-9-24-29(5)13-12-25(35)28(3,4)23(29)11-14-31(24,30)7/h8,20-21,23-26,35H,9-19H2,1-7H3,(H,34,36)/t20-,21+,23?,24?,25+,26?,29+,30-,31-,32+/m1/s1. The zero-order valence-corrected chi connectivity index (χ0v) is 25.6. The summed E-state index contributed by atoms with van der Waals surface area (Å²) in [5.41, 5.74) is 2.08. The molecule has 3 nitrogen and oxygen atoms in total. The largest absolute Gasteiger partial charge is 0.393 e. The fraction of sp³-hybridized carbons (Fsp3) is 0.906. The lowest BCUT2D eigenvalue weighted by Crippen LogP contribution is -2.66. The number of aliphatic hydroxyl groups is 1. The highest BCUT2D eigenvalue weighted by Crippen LogP contribution is 2.75. The zero-order valence-electron chi connectivity index (χ0n) is 24.1. The van der Waals surface area contributed by atoms with Crippen molar-refractivity contribution in [1.29, 1.82) is 0 Å². The third kappa shape index (κ3) is 3.40. The maximum absolute atomic E-state index is 13.9. The Labute approximate surface area is 229 Å². The molecule has 0 saturated heterocycles. The van der Waals surface area contributed by atoms with Gasteiger partial charge < -0.3 is 10.4 Å². The van der Waals surface area contributed by atoms with E-state index in [2.05, 4.69) is 75.8 Å². The molecule has 4 heteroatoms. The molecule has 0 aromatic rings. The van der Waals surface area contributed by atoms with Crippen LogP contribution in [0.4, 0.5) is 0 Å². The third-order valence-corrected chi connectivity index (χ3v) is 14.2. The molecule has 2 N–H and O–H groups in total. The monoisotopic (exact) mass is 561 g/mol. The third-order valence-electron chi connectivity index (χ3n) is 13.8. The molecule has 5 rings (SSSR count). The normalized spacial score (nSPS) is 51.6. The fourth-order valence-electron chi connectivity index (χ4n) is 11.2. The van der Waals surface area contributed by atoms with Crippen molar-refractivity contribution in [3.8, 4) is 0 Å². The Morgan fingerprint density at radius 1 is 1.00 bits per heavy atom. The van der Waals surface area contributed by atoms with Crippen LogP contribution in [0.15, 0.2) is 11.6 Å². The minimum Gasteiger partial charge on any atom is -0.393 e. The maximum atomic E-state index is 13.9. The minimum absolute atomic E-state index is 0.0121. The number of carbonyl (C=O) groups is 1. The highest BCUT2D eigenvalue weighted by atomic mass is 79.9. The van der Waals surface area contributed by atoms with Crippen molar-refractivity contribution in [3.63, 3.8) is 0 Å². The van der Waals surface area contributed by atoms with Crippen LogP contribution >= 0.6 is 15.9 Å². The van der Waals surface area contributed by atoms with Gasteiger partial charge in [0, 0.05) is 11.9 Å². The Bertz CT molecular complexity index is 929. The first-order valence-electron chi connectivity index (χ1n) is 15.0. The van der Waals surface area contributed by atoms with Crippen LogP contribution in [-0.4, -0.2) is 29.0 Å². The SMILES string of the molecule is C[C@@H]1CC[C@]2(C(=O)NCCBr)CC[C@]3(C)C(=CCC4[C@@]5(C)CC[C@H](O)C(C)(C)C5CC[C@]43C)C2[C@H]1C. The molecule has 5 aliphatic carbocycles. The van der Waals surface area contributed by atoms with Gasteiger partial charge in [0.1, 0.15) is 0 Å². The number of allylic oxidation sites excluding steroid dienone is 2. The van der Waals surface area contributed by atoms with Crippen LogP contribution in [-0.2, 0) is 4.79 Å². The molecular formula is C32H52BrNO2. The van der Waals surface area contributed by atoms with Crippen molar-refractivity contribution in [2.45, 2.75) is 112 Å². The van der Waals surface area contributed by atoms with E-state index >= 15 is 0 Å². The molecule has 4 saturated carbocycles. The van der Waals surface area contributed by atoms with Crippen molar-refractivity contribution in [2.24, 2.45) is 56.7 Å². The van der Waals surface area contributed by atoms with Gasteiger partial charge in [0.2, 0.25) is 5.91 Å². The Hall–Kier alpha value is -0.350. The molecule has 0 heterocycles. The number of alkyl halides is 1. The zero-order chi connectivity index (χ0) is 26.3. The van der Waals surface area contributed by atoms with Gasteiger partial charge in [0.15, 0.2) is 0 Å². The molecule has 204 valence electrons. The van der Waals surface area contributed by atoms with Gasteiger partial charge in [-0.25, -0.2) is 0 Å². The average Bonchev–Trinajstić information content (AvgIpc) is 2.83. The number of rotatable bonds is 3. The first-order valence-corrected chi connectivity index (χ1v) is 16.1. The molecule has 0 aromatic carbocycles. The molecule has 0 aliphatic heterocycles. The second-order valence-corrected chi connectivity index (χ2v) is 15.9. The molecule has 36 heavy (non-hydrogen) atoms. The van der Waals surface area contributed by atoms with Crippen LogP contribution in [0.3, 0.4) is 0 Å². The van der Waals surface area contributed by atoms with Crippen molar-refractivity contribution >= 4 is 21.8 Å². The van der Waals surface area contributed by atoms with E-state index in [4.69, 9.17) is 0 Å². The fourth-order valence-corrected chi connectivity index (χ4v) is 11.4. The van der Waals surface area contributed by atoms with Crippen molar-refractivity contribution in [1.82, 2.24) is 5.32 Å². The summed E-state index contributed by atoms with van der Waals surface area (Å²) in [6.07, 6.45) is 12.6. The number of halogens is 1. The van der Waals surface area contributed by atoms with Crippen molar-refractivity contribution < 1.29 is 9.90 Å². The summed E-state index contributed by atoms with van der Waals surface area (Å²) >= 11 is 3.52. The van der Waals surface area contributed by atoms with E-state index in [-0.39, 0.29) is 33.2 Å².